The Morgan fingerprint density at radius 3 is 2.25 bits per heavy atom. The van der Waals surface area contributed by atoms with E-state index in [4.69, 9.17) is 21.1 Å². The molecule has 264 valence electrons. The van der Waals surface area contributed by atoms with E-state index in [-0.39, 0.29) is 0 Å². The second-order valence-electron chi connectivity index (χ2n) is 10.6. The minimum atomic E-state index is -10.7. The molecule has 5 rings (SSSR count). The maximum atomic E-state index is 9.87. The van der Waals surface area contributed by atoms with Gasteiger partial charge in [0.2, 0.25) is 5.52 Å². The number of anilines is 1. The molecule has 1 aliphatic carbocycles. The van der Waals surface area contributed by atoms with Crippen LogP contribution in [-0.2, 0) is 16.0 Å². The maximum absolute atomic E-state index is 10.7. The monoisotopic (exact) mass is 788 g/mol. The van der Waals surface area contributed by atoms with Gasteiger partial charge in [0.1, 0.15) is 11.3 Å². The molecule has 2 heterocycles. The summed E-state index contributed by atoms with van der Waals surface area (Å²) >= 11 is 14.3. The zero-order valence-corrected chi connectivity index (χ0v) is 31.6. The number of thioether (sulfide) groups is 3. The van der Waals surface area contributed by atoms with E-state index >= 15 is 0 Å². The third-order valence-electron chi connectivity index (χ3n) is 7.21. The molecule has 16 heteroatoms. The van der Waals surface area contributed by atoms with Crippen molar-refractivity contribution in [1.29, 1.82) is 0 Å². The fraction of sp³-hybridized carbons (Fsp3) is 0.344. The Morgan fingerprint density at radius 2 is 1.58 bits per heavy atom. The van der Waals surface area contributed by atoms with Gasteiger partial charge >= 0.3 is 33.0 Å². The van der Waals surface area contributed by atoms with E-state index in [1.54, 1.807) is 37.7 Å². The Kier molecular flexibility index (Phi) is 12.8. The van der Waals surface area contributed by atoms with Crippen molar-refractivity contribution in [2.24, 2.45) is 0 Å². The van der Waals surface area contributed by atoms with Crippen molar-refractivity contribution in [3.8, 4) is 0 Å². The molecule has 0 amide bonds. The first kappa shape index (κ1) is 39.2. The first-order valence-electron chi connectivity index (χ1n) is 14.7. The van der Waals surface area contributed by atoms with Gasteiger partial charge in [0.25, 0.3) is 5.01 Å². The van der Waals surface area contributed by atoms with E-state index in [0.717, 1.165) is 37.4 Å². The Hall–Kier alpha value is -1.64. The molecule has 4 nitrogen and oxygen atoms in total. The molecule has 2 aliphatic rings. The number of fused-ring (bicyclic) bond motifs is 2. The molecule has 0 saturated carbocycles. The van der Waals surface area contributed by atoms with E-state index in [9.17, 15) is 25.2 Å². The van der Waals surface area contributed by atoms with Crippen molar-refractivity contribution in [3.05, 3.63) is 80.8 Å². The fourth-order valence-corrected chi connectivity index (χ4v) is 9.13. The zero-order valence-electron chi connectivity index (χ0n) is 26.7. The molecule has 0 atom stereocenters. The quantitative estimate of drug-likeness (QED) is 0.0831. The SMILES string of the molecule is COCCN1/C(=C/C=C2\CCCC(/C=C/c3sc4cccc(SC)c4[n+]3CCOC)=C2Cl)Sc2cccc(SC)c21.F[P-](F)(F)(F)(F)F. The Labute approximate surface area is 298 Å². The normalized spacial score (nSPS) is 18.4. The molecule has 0 N–H and O–H groups in total. The number of hydrogen-bond donors (Lipinski definition) is 0. The van der Waals surface area contributed by atoms with Crippen LogP contribution in [0.2, 0.25) is 0 Å². The van der Waals surface area contributed by atoms with Gasteiger partial charge in [-0.25, -0.2) is 0 Å². The molecule has 0 fully saturated rings. The average molecular weight is 789 g/mol. The second kappa shape index (κ2) is 15.7. The van der Waals surface area contributed by atoms with Crippen LogP contribution < -0.4 is 9.47 Å². The standard InChI is InChI=1S/C32H36ClN2O2S4.F6P/c1-36-20-18-34-28(40-26-12-6-10-24(38-3)31(26)34)16-14-22-8-5-9-23(30(22)33)15-17-29-35(19-21-37-2)32-25(39-4)11-7-13-27(32)41-29;1-7(2,3,4,5)6/h6-7,10-17H,5,8-9,18-21H2,1-4H3;/q+1;-1. The zero-order chi connectivity index (χ0) is 35.2. The van der Waals surface area contributed by atoms with Gasteiger partial charge in [-0.15, -0.1) is 23.5 Å². The summed E-state index contributed by atoms with van der Waals surface area (Å²) in [5.74, 6) is 0. The van der Waals surface area contributed by atoms with Crippen molar-refractivity contribution in [3.63, 3.8) is 0 Å². The molecule has 48 heavy (non-hydrogen) atoms. The molecule has 0 radical (unpaired) electrons. The molecule has 0 spiro atoms. The molecule has 3 aromatic rings. The third kappa shape index (κ3) is 11.2. The first-order chi connectivity index (χ1) is 22.5. The Balaban J connectivity index is 0.000000671. The van der Waals surface area contributed by atoms with Crippen molar-refractivity contribution >= 4 is 88.0 Å². The summed E-state index contributed by atoms with van der Waals surface area (Å²) in [6, 6.07) is 13.1. The number of thiazole rings is 1. The van der Waals surface area contributed by atoms with Crippen LogP contribution in [0.15, 0.2) is 90.5 Å². The second-order valence-corrected chi connectivity index (χ2v) is 16.7. The van der Waals surface area contributed by atoms with Crippen LogP contribution in [0.25, 0.3) is 16.3 Å². The van der Waals surface area contributed by atoms with Gasteiger partial charge in [0.05, 0.1) is 22.2 Å². The topological polar surface area (TPSA) is 25.6 Å². The molecule has 0 bridgehead atoms. The van der Waals surface area contributed by atoms with Gasteiger partial charge in [0.15, 0.2) is 6.54 Å². The summed E-state index contributed by atoms with van der Waals surface area (Å²) < 4.78 is 73.8. The number of para-hydroxylation sites is 2. The van der Waals surface area contributed by atoms with E-state index in [0.29, 0.717) is 13.2 Å². The van der Waals surface area contributed by atoms with Crippen LogP contribution in [0.3, 0.4) is 0 Å². The summed E-state index contributed by atoms with van der Waals surface area (Å²) in [7, 11) is -7.14. The molecular formula is C32H36ClF6N2O2PS4. The molecule has 1 aliphatic heterocycles. The number of nitrogens with zero attached hydrogens (tertiary/aromatic N) is 2. The molecule has 2 aromatic carbocycles. The van der Waals surface area contributed by atoms with Crippen LogP contribution in [0.4, 0.5) is 30.9 Å². The van der Waals surface area contributed by atoms with Gasteiger partial charge in [-0.1, -0.05) is 59.0 Å². The van der Waals surface area contributed by atoms with Crippen LogP contribution >= 0.6 is 66.0 Å². The van der Waals surface area contributed by atoms with Gasteiger partial charge < -0.3 is 14.4 Å². The summed E-state index contributed by atoms with van der Waals surface area (Å²) in [4.78, 5) is 6.26. The van der Waals surface area contributed by atoms with E-state index in [2.05, 4.69) is 82.7 Å². The van der Waals surface area contributed by atoms with Crippen molar-refractivity contribution < 1.29 is 39.2 Å². The molecular weight excluding hydrogens is 753 g/mol. The van der Waals surface area contributed by atoms with Crippen LogP contribution in [0.5, 0.6) is 0 Å². The third-order valence-corrected chi connectivity index (χ3v) is 11.5. The molecule has 0 unspecified atom stereocenters. The van der Waals surface area contributed by atoms with E-state index < -0.39 is 7.81 Å². The summed E-state index contributed by atoms with van der Waals surface area (Å²) in [5, 5.41) is 3.31. The summed E-state index contributed by atoms with van der Waals surface area (Å²) in [6.07, 6.45) is 16.3. The number of rotatable bonds is 11. The number of methoxy groups -OCH3 is 2. The van der Waals surface area contributed by atoms with E-state index in [1.165, 1.54) is 51.8 Å². The van der Waals surface area contributed by atoms with Crippen LogP contribution in [0, 0.1) is 0 Å². The summed E-state index contributed by atoms with van der Waals surface area (Å²) in [6.45, 7) is 2.98. The number of allylic oxidation sites excluding steroid dienone is 6. The van der Waals surface area contributed by atoms with Crippen molar-refractivity contribution in [1.82, 2.24) is 0 Å². The van der Waals surface area contributed by atoms with Crippen LogP contribution in [-0.4, -0.2) is 46.5 Å². The number of benzene rings is 2. The minimum absolute atomic E-state index is 0.673. The number of aromatic nitrogens is 1. The first-order valence-corrected chi connectivity index (χ1v) is 21.2. The van der Waals surface area contributed by atoms with E-state index in [1.807, 2.05) is 23.1 Å². The summed E-state index contributed by atoms with van der Waals surface area (Å²) in [5.41, 5.74) is 4.98. The van der Waals surface area contributed by atoms with Crippen molar-refractivity contribution in [2.45, 2.75) is 40.5 Å². The predicted octanol–water partition coefficient (Wildman–Crippen LogP) is 12.4. The van der Waals surface area contributed by atoms with Crippen LogP contribution in [0.1, 0.15) is 24.3 Å². The van der Waals surface area contributed by atoms with Crippen molar-refractivity contribution in [2.75, 3.05) is 51.4 Å². The number of hydrogen-bond acceptors (Lipinski definition) is 7. The average Bonchev–Trinajstić information content (AvgIpc) is 3.57. The molecule has 1 aromatic heterocycles. The van der Waals surface area contributed by atoms with Gasteiger partial charge in [-0.2, -0.15) is 4.57 Å². The molecule has 0 saturated heterocycles. The van der Waals surface area contributed by atoms with Gasteiger partial charge in [-0.3, -0.25) is 0 Å². The Morgan fingerprint density at radius 1 is 0.917 bits per heavy atom. The fourth-order valence-electron chi connectivity index (χ4n) is 5.20. The number of ether oxygens (including phenoxy) is 2. The Bertz CT molecular complexity index is 1750. The van der Waals surface area contributed by atoms with Gasteiger partial charge in [-0.05, 0) is 73.3 Å². The predicted molar refractivity (Wildman–Crippen MR) is 194 cm³/mol. The number of halogens is 7. The van der Waals surface area contributed by atoms with Gasteiger partial charge in [0, 0.05) is 41.7 Å².